The zero-order valence-corrected chi connectivity index (χ0v) is 16.6. The highest BCUT2D eigenvalue weighted by Gasteiger charge is 2.07. The van der Waals surface area contributed by atoms with E-state index in [1.54, 1.807) is 20.4 Å². The molecule has 1 aromatic heterocycles. The minimum absolute atomic E-state index is 0.618. The van der Waals surface area contributed by atoms with Crippen molar-refractivity contribution in [2.24, 2.45) is 0 Å². The summed E-state index contributed by atoms with van der Waals surface area (Å²) in [6.07, 6.45) is 5.54. The number of aromatic nitrogens is 2. The molecule has 0 aliphatic carbocycles. The summed E-state index contributed by atoms with van der Waals surface area (Å²) in [7, 11) is 3.36. The van der Waals surface area contributed by atoms with E-state index in [0.29, 0.717) is 6.61 Å². The first-order chi connectivity index (χ1) is 13.7. The third kappa shape index (κ3) is 5.04. The van der Waals surface area contributed by atoms with Gasteiger partial charge in [-0.1, -0.05) is 12.1 Å². The van der Waals surface area contributed by atoms with Gasteiger partial charge in [-0.3, -0.25) is 0 Å². The van der Waals surface area contributed by atoms with E-state index in [1.807, 2.05) is 42.2 Å². The van der Waals surface area contributed by atoms with E-state index < -0.39 is 0 Å². The molecule has 0 radical (unpaired) electrons. The van der Waals surface area contributed by atoms with Crippen molar-refractivity contribution in [1.29, 1.82) is 0 Å². The molecule has 0 unspecified atom stereocenters. The molecule has 3 rings (SSSR count). The summed E-state index contributed by atoms with van der Waals surface area (Å²) in [4.78, 5) is 4.10. The molecule has 1 N–H and O–H groups in total. The lowest BCUT2D eigenvalue weighted by molar-refractivity contribution is 0.310. The second-order valence-corrected chi connectivity index (χ2v) is 6.40. The Hall–Kier alpha value is -2.99. The third-order valence-electron chi connectivity index (χ3n) is 4.44. The molecule has 0 aliphatic heterocycles. The molecule has 6 nitrogen and oxygen atoms in total. The van der Waals surface area contributed by atoms with Crippen molar-refractivity contribution in [1.82, 2.24) is 14.9 Å². The minimum Gasteiger partial charge on any atom is -0.496 e. The number of hydrogen-bond donors (Lipinski definition) is 1. The first kappa shape index (κ1) is 19.8. The Morgan fingerprint density at radius 3 is 2.29 bits per heavy atom. The molecule has 0 saturated carbocycles. The van der Waals surface area contributed by atoms with Gasteiger partial charge >= 0.3 is 0 Å². The smallest absolute Gasteiger partial charge is 0.161 e. The zero-order chi connectivity index (χ0) is 19.8. The Balaban J connectivity index is 1.63. The van der Waals surface area contributed by atoms with E-state index in [-0.39, 0.29) is 0 Å². The summed E-state index contributed by atoms with van der Waals surface area (Å²) in [6.45, 7) is 4.81. The van der Waals surface area contributed by atoms with Gasteiger partial charge in [0.2, 0.25) is 0 Å². The van der Waals surface area contributed by atoms with Crippen LogP contribution in [0.2, 0.25) is 0 Å². The van der Waals surface area contributed by atoms with E-state index in [9.17, 15) is 0 Å². The summed E-state index contributed by atoms with van der Waals surface area (Å²) >= 11 is 0. The molecule has 0 atom stereocenters. The van der Waals surface area contributed by atoms with E-state index in [4.69, 9.17) is 14.2 Å². The van der Waals surface area contributed by atoms with Gasteiger partial charge in [0.05, 0.1) is 33.7 Å². The molecule has 0 aliphatic rings. The van der Waals surface area contributed by atoms with Crippen LogP contribution >= 0.6 is 0 Å². The van der Waals surface area contributed by atoms with Crippen LogP contribution in [0.15, 0.2) is 55.1 Å². The Morgan fingerprint density at radius 2 is 1.64 bits per heavy atom. The quantitative estimate of drug-likeness (QED) is 0.581. The number of imidazole rings is 1. The highest BCUT2D eigenvalue weighted by atomic mass is 16.5. The van der Waals surface area contributed by atoms with Gasteiger partial charge in [0, 0.05) is 31.0 Å². The fourth-order valence-electron chi connectivity index (χ4n) is 3.09. The van der Waals surface area contributed by atoms with E-state index >= 15 is 0 Å². The van der Waals surface area contributed by atoms with Crippen LogP contribution in [0, 0.1) is 0 Å². The maximum Gasteiger partial charge on any atom is 0.161 e. The maximum absolute atomic E-state index is 5.57. The van der Waals surface area contributed by atoms with Crippen molar-refractivity contribution in [3.05, 3.63) is 71.8 Å². The number of nitrogens with one attached hydrogen (secondary N) is 1. The Labute approximate surface area is 166 Å². The fraction of sp³-hybridized carbons (Fsp3) is 0.318. The van der Waals surface area contributed by atoms with E-state index in [2.05, 4.69) is 28.5 Å². The monoisotopic (exact) mass is 381 g/mol. The summed E-state index contributed by atoms with van der Waals surface area (Å²) < 4.78 is 18.5. The lowest BCUT2D eigenvalue weighted by Gasteiger charge is -2.13. The number of nitrogens with zero attached hydrogens (tertiary/aromatic N) is 2. The molecule has 148 valence electrons. The molecule has 3 aromatic rings. The van der Waals surface area contributed by atoms with Crippen molar-refractivity contribution in [3.8, 4) is 17.2 Å². The lowest BCUT2D eigenvalue weighted by Crippen LogP contribution is -2.13. The van der Waals surface area contributed by atoms with Crippen molar-refractivity contribution in [2.75, 3.05) is 20.8 Å². The third-order valence-corrected chi connectivity index (χ3v) is 4.44. The van der Waals surface area contributed by atoms with Gasteiger partial charge in [0.15, 0.2) is 11.5 Å². The highest BCUT2D eigenvalue weighted by Crippen LogP contribution is 2.28. The fourth-order valence-corrected chi connectivity index (χ4v) is 3.09. The van der Waals surface area contributed by atoms with Crippen LogP contribution in [0.3, 0.4) is 0 Å². The predicted molar refractivity (Wildman–Crippen MR) is 109 cm³/mol. The molecule has 0 amide bonds. The van der Waals surface area contributed by atoms with Crippen molar-refractivity contribution in [2.45, 2.75) is 26.6 Å². The number of ether oxygens (including phenoxy) is 3. The molecule has 28 heavy (non-hydrogen) atoms. The Kier molecular flexibility index (Phi) is 6.92. The van der Waals surface area contributed by atoms with Crippen LogP contribution in [-0.2, 0) is 19.6 Å². The first-order valence-corrected chi connectivity index (χ1v) is 9.35. The van der Waals surface area contributed by atoms with Crippen LogP contribution in [0.5, 0.6) is 17.2 Å². The largest absolute Gasteiger partial charge is 0.496 e. The molecule has 0 saturated heterocycles. The molecule has 0 spiro atoms. The molecule has 2 aromatic carbocycles. The van der Waals surface area contributed by atoms with Gasteiger partial charge in [-0.25, -0.2) is 4.98 Å². The van der Waals surface area contributed by atoms with Gasteiger partial charge in [-0.05, 0) is 42.3 Å². The maximum atomic E-state index is 5.57. The topological polar surface area (TPSA) is 57.5 Å². The average Bonchev–Trinajstić information content (AvgIpc) is 3.22. The molecule has 1 heterocycles. The van der Waals surface area contributed by atoms with Crippen molar-refractivity contribution >= 4 is 0 Å². The highest BCUT2D eigenvalue weighted by molar-refractivity contribution is 5.43. The Morgan fingerprint density at radius 1 is 0.929 bits per heavy atom. The number of methoxy groups -OCH3 is 2. The summed E-state index contributed by atoms with van der Waals surface area (Å²) in [6, 6.07) is 12.3. The van der Waals surface area contributed by atoms with Crippen molar-refractivity contribution < 1.29 is 14.2 Å². The molecular weight excluding hydrogens is 354 g/mol. The second kappa shape index (κ2) is 9.80. The summed E-state index contributed by atoms with van der Waals surface area (Å²) in [5.41, 5.74) is 3.48. The van der Waals surface area contributed by atoms with Crippen LogP contribution in [0.4, 0.5) is 0 Å². The Bertz CT molecular complexity index is 879. The molecule has 0 bridgehead atoms. The minimum atomic E-state index is 0.618. The van der Waals surface area contributed by atoms with E-state index in [1.165, 1.54) is 5.56 Å². The van der Waals surface area contributed by atoms with Crippen molar-refractivity contribution in [3.63, 3.8) is 0 Å². The predicted octanol–water partition coefficient (Wildman–Crippen LogP) is 3.64. The molecular formula is C22H27N3O3. The van der Waals surface area contributed by atoms with Crippen LogP contribution < -0.4 is 19.5 Å². The second-order valence-electron chi connectivity index (χ2n) is 6.40. The zero-order valence-electron chi connectivity index (χ0n) is 16.6. The summed E-state index contributed by atoms with van der Waals surface area (Å²) in [5, 5.41) is 3.49. The average molecular weight is 381 g/mol. The van der Waals surface area contributed by atoms with Crippen LogP contribution in [0.25, 0.3) is 0 Å². The number of benzene rings is 2. The normalized spacial score (nSPS) is 10.7. The van der Waals surface area contributed by atoms with Gasteiger partial charge in [-0.2, -0.15) is 0 Å². The summed E-state index contributed by atoms with van der Waals surface area (Å²) in [5.74, 6) is 2.41. The van der Waals surface area contributed by atoms with E-state index in [0.717, 1.165) is 48.0 Å². The first-order valence-electron chi connectivity index (χ1n) is 9.35. The SMILES string of the molecule is CCOc1ccc(CNCc2ccc(OC)c(Cn3ccnc3)c2)cc1OC. The van der Waals surface area contributed by atoms with Gasteiger partial charge < -0.3 is 24.1 Å². The molecule has 0 fully saturated rings. The number of rotatable bonds is 10. The molecule has 6 heteroatoms. The standard InChI is InChI=1S/C22H27N3O3/c1-4-28-21-8-6-18(12-22(21)27-3)14-24-13-17-5-7-20(26-2)19(11-17)15-25-10-9-23-16-25/h5-12,16,24H,4,13-15H2,1-3H3. The lowest BCUT2D eigenvalue weighted by atomic mass is 10.1. The van der Waals surface area contributed by atoms with Gasteiger partial charge in [-0.15, -0.1) is 0 Å². The van der Waals surface area contributed by atoms with Gasteiger partial charge in [0.1, 0.15) is 5.75 Å². The van der Waals surface area contributed by atoms with Crippen LogP contribution in [-0.4, -0.2) is 30.4 Å². The van der Waals surface area contributed by atoms with Gasteiger partial charge in [0.25, 0.3) is 0 Å². The number of hydrogen-bond acceptors (Lipinski definition) is 5. The van der Waals surface area contributed by atoms with Crippen LogP contribution in [0.1, 0.15) is 23.6 Å².